The highest BCUT2D eigenvalue weighted by molar-refractivity contribution is 7.93. The summed E-state index contributed by atoms with van der Waals surface area (Å²) in [5.74, 6) is 1.33. The Hall–Kier alpha value is -3.04. The van der Waals surface area contributed by atoms with Crippen LogP contribution in [0.25, 0.3) is 0 Å². The highest BCUT2D eigenvalue weighted by Gasteiger charge is 2.39. The molecule has 0 fully saturated rings. The van der Waals surface area contributed by atoms with Crippen LogP contribution in [-0.2, 0) is 4.57 Å². The second-order valence-corrected chi connectivity index (χ2v) is 9.99. The first-order valence-corrected chi connectivity index (χ1v) is 12.4. The SMILES string of the molecule is CCCCCOc1ccc(P(=O)(C(=O)c2c(OC)cccc2OC)c2ccccc2)cc1. The number of carbonyl (C=O) groups excluding carboxylic acids is 1. The van der Waals surface area contributed by atoms with Gasteiger partial charge in [-0.3, -0.25) is 4.79 Å². The maximum absolute atomic E-state index is 14.6. The molecule has 0 saturated heterocycles. The van der Waals surface area contributed by atoms with Gasteiger partial charge in [-0.1, -0.05) is 56.2 Å². The van der Waals surface area contributed by atoms with E-state index in [9.17, 15) is 9.36 Å². The van der Waals surface area contributed by atoms with Gasteiger partial charge in [0.05, 0.1) is 20.8 Å². The Bertz CT molecular complexity index is 1050. The van der Waals surface area contributed by atoms with Crippen molar-refractivity contribution in [1.82, 2.24) is 0 Å². The summed E-state index contributed by atoms with van der Waals surface area (Å²) < 4.78 is 31.2. The third-order valence-electron chi connectivity index (χ3n) is 5.26. The standard InChI is InChI=1S/C26H29O5P/c1-4-5-9-19-31-20-15-17-22(18-16-20)32(28,21-11-7-6-8-12-21)26(27)25-23(29-2)13-10-14-24(25)30-3/h6-8,10-18H,4-5,9,19H2,1-3H3. The number of hydrogen-bond acceptors (Lipinski definition) is 5. The lowest BCUT2D eigenvalue weighted by Crippen LogP contribution is -2.23. The van der Waals surface area contributed by atoms with Crippen LogP contribution in [0.15, 0.2) is 72.8 Å². The minimum atomic E-state index is -3.73. The van der Waals surface area contributed by atoms with Gasteiger partial charge >= 0.3 is 0 Å². The summed E-state index contributed by atoms with van der Waals surface area (Å²) in [6.07, 6.45) is 3.21. The first-order valence-electron chi connectivity index (χ1n) is 10.7. The van der Waals surface area contributed by atoms with Crippen LogP contribution in [0, 0.1) is 0 Å². The molecule has 0 aliphatic heterocycles. The van der Waals surface area contributed by atoms with E-state index in [4.69, 9.17) is 14.2 Å². The van der Waals surface area contributed by atoms with E-state index in [2.05, 4.69) is 6.92 Å². The van der Waals surface area contributed by atoms with Crippen LogP contribution in [0.4, 0.5) is 0 Å². The third-order valence-corrected chi connectivity index (χ3v) is 8.11. The molecule has 0 aromatic heterocycles. The van der Waals surface area contributed by atoms with E-state index in [-0.39, 0.29) is 5.56 Å². The molecule has 0 spiro atoms. The summed E-state index contributed by atoms with van der Waals surface area (Å²) in [5.41, 5.74) is -0.362. The van der Waals surface area contributed by atoms with Gasteiger partial charge in [-0.25, -0.2) is 0 Å². The molecule has 0 aliphatic carbocycles. The van der Waals surface area contributed by atoms with Gasteiger partial charge in [0, 0.05) is 10.6 Å². The molecule has 3 aromatic carbocycles. The Morgan fingerprint density at radius 2 is 1.38 bits per heavy atom. The van der Waals surface area contributed by atoms with E-state index >= 15 is 0 Å². The molecule has 0 aliphatic rings. The number of benzene rings is 3. The number of ether oxygens (including phenoxy) is 3. The molecule has 3 rings (SSSR count). The molecule has 0 saturated carbocycles. The quantitative estimate of drug-likeness (QED) is 0.287. The highest BCUT2D eigenvalue weighted by atomic mass is 31.2. The molecule has 1 unspecified atom stereocenters. The monoisotopic (exact) mass is 452 g/mol. The van der Waals surface area contributed by atoms with E-state index in [1.165, 1.54) is 14.2 Å². The second-order valence-electron chi connectivity index (χ2n) is 7.34. The first kappa shape index (κ1) is 23.6. The lowest BCUT2D eigenvalue weighted by Gasteiger charge is -2.21. The largest absolute Gasteiger partial charge is 0.496 e. The van der Waals surface area contributed by atoms with E-state index in [1.807, 2.05) is 6.07 Å². The number of carbonyl (C=O) groups is 1. The fraction of sp³-hybridized carbons (Fsp3) is 0.269. The molecule has 6 heteroatoms. The predicted molar refractivity (Wildman–Crippen MR) is 129 cm³/mol. The summed E-state index contributed by atoms with van der Waals surface area (Å²) in [5, 5.41) is 0.886. The summed E-state index contributed by atoms with van der Waals surface area (Å²) >= 11 is 0. The van der Waals surface area contributed by atoms with Gasteiger partial charge in [-0.15, -0.1) is 0 Å². The van der Waals surface area contributed by atoms with Gasteiger partial charge in [0.2, 0.25) is 12.7 Å². The third kappa shape index (κ3) is 4.89. The Balaban J connectivity index is 2.06. The van der Waals surface area contributed by atoms with Crippen molar-refractivity contribution in [3.8, 4) is 17.2 Å². The minimum Gasteiger partial charge on any atom is -0.496 e. The van der Waals surface area contributed by atoms with Crippen molar-refractivity contribution >= 4 is 23.3 Å². The molecule has 3 aromatic rings. The molecular formula is C26H29O5P. The summed E-state index contributed by atoms with van der Waals surface area (Å²) in [6, 6.07) is 20.8. The van der Waals surface area contributed by atoms with Crippen molar-refractivity contribution in [1.29, 1.82) is 0 Å². The Labute approximate surface area is 189 Å². The molecule has 5 nitrogen and oxygen atoms in total. The summed E-state index contributed by atoms with van der Waals surface area (Å²) in [6.45, 7) is 2.77. The summed E-state index contributed by atoms with van der Waals surface area (Å²) in [4.78, 5) is 13.9. The van der Waals surface area contributed by atoms with Crippen molar-refractivity contribution in [2.75, 3.05) is 20.8 Å². The zero-order valence-corrected chi connectivity index (χ0v) is 19.6. The van der Waals surface area contributed by atoms with Gasteiger partial charge in [0.1, 0.15) is 22.8 Å². The number of methoxy groups -OCH3 is 2. The van der Waals surface area contributed by atoms with E-state index in [1.54, 1.807) is 66.7 Å². The van der Waals surface area contributed by atoms with Gasteiger partial charge in [0.25, 0.3) is 0 Å². The number of unbranched alkanes of at least 4 members (excludes halogenated alkanes) is 2. The zero-order valence-electron chi connectivity index (χ0n) is 18.7. The molecule has 0 N–H and O–H groups in total. The Morgan fingerprint density at radius 1 is 0.781 bits per heavy atom. The molecule has 1 atom stereocenters. The van der Waals surface area contributed by atoms with Crippen molar-refractivity contribution in [3.63, 3.8) is 0 Å². The van der Waals surface area contributed by atoms with Gasteiger partial charge in [0.15, 0.2) is 0 Å². The van der Waals surface area contributed by atoms with Crippen LogP contribution in [-0.4, -0.2) is 26.4 Å². The lowest BCUT2D eigenvalue weighted by molar-refractivity contribution is 0.107. The fourth-order valence-electron chi connectivity index (χ4n) is 3.54. The van der Waals surface area contributed by atoms with Crippen LogP contribution in [0.5, 0.6) is 17.2 Å². The molecule has 0 radical (unpaired) electrons. The normalized spacial score (nSPS) is 12.6. The molecule has 32 heavy (non-hydrogen) atoms. The van der Waals surface area contributed by atoms with Crippen molar-refractivity contribution in [2.45, 2.75) is 26.2 Å². The maximum Gasteiger partial charge on any atom is 0.237 e. The van der Waals surface area contributed by atoms with Crippen LogP contribution < -0.4 is 24.8 Å². The molecule has 168 valence electrons. The molecular weight excluding hydrogens is 423 g/mol. The highest BCUT2D eigenvalue weighted by Crippen LogP contribution is 2.50. The number of hydrogen-bond donors (Lipinski definition) is 0. The average molecular weight is 452 g/mol. The van der Waals surface area contributed by atoms with Crippen LogP contribution in [0.3, 0.4) is 0 Å². The average Bonchev–Trinajstić information content (AvgIpc) is 2.86. The summed E-state index contributed by atoms with van der Waals surface area (Å²) in [7, 11) is -0.776. The van der Waals surface area contributed by atoms with Gasteiger partial charge in [-0.2, -0.15) is 0 Å². The van der Waals surface area contributed by atoms with Crippen LogP contribution in [0.2, 0.25) is 0 Å². The molecule has 0 bridgehead atoms. The molecule has 0 heterocycles. The van der Waals surface area contributed by atoms with Crippen LogP contribution >= 0.6 is 7.14 Å². The minimum absolute atomic E-state index is 0.171. The smallest absolute Gasteiger partial charge is 0.237 e. The van der Waals surface area contributed by atoms with Crippen molar-refractivity contribution in [2.24, 2.45) is 0 Å². The Kier molecular flexibility index (Phi) is 8.13. The predicted octanol–water partition coefficient (Wildman–Crippen LogP) is 5.43. The van der Waals surface area contributed by atoms with Gasteiger partial charge in [-0.05, 0) is 42.8 Å². The second kappa shape index (κ2) is 11.0. The van der Waals surface area contributed by atoms with Gasteiger partial charge < -0.3 is 18.8 Å². The van der Waals surface area contributed by atoms with E-state index < -0.39 is 12.7 Å². The topological polar surface area (TPSA) is 61.8 Å². The van der Waals surface area contributed by atoms with E-state index in [0.29, 0.717) is 34.5 Å². The first-order chi connectivity index (χ1) is 15.6. The number of rotatable bonds is 11. The van der Waals surface area contributed by atoms with Crippen LogP contribution in [0.1, 0.15) is 36.5 Å². The zero-order chi connectivity index (χ0) is 23.0. The maximum atomic E-state index is 14.6. The van der Waals surface area contributed by atoms with Crippen molar-refractivity contribution in [3.05, 3.63) is 78.4 Å². The van der Waals surface area contributed by atoms with E-state index in [0.717, 1.165) is 19.3 Å². The Morgan fingerprint density at radius 3 is 1.94 bits per heavy atom. The lowest BCUT2D eigenvalue weighted by atomic mass is 10.2. The fourth-order valence-corrected chi connectivity index (χ4v) is 6.00. The molecule has 0 amide bonds. The van der Waals surface area contributed by atoms with Crippen molar-refractivity contribution < 1.29 is 23.6 Å².